The smallest absolute Gasteiger partial charge is 0.239 e. The van der Waals surface area contributed by atoms with E-state index in [0.717, 1.165) is 11.8 Å². The maximum Gasteiger partial charge on any atom is 0.239 e. The van der Waals surface area contributed by atoms with E-state index < -0.39 is 17.7 Å². The number of nitrogens with one attached hydrogen (secondary N) is 3. The van der Waals surface area contributed by atoms with Crippen molar-refractivity contribution in [2.45, 2.75) is 27.2 Å². The van der Waals surface area contributed by atoms with Gasteiger partial charge in [-0.1, -0.05) is 25.6 Å². The average molecular weight is 345 g/mol. The summed E-state index contributed by atoms with van der Waals surface area (Å²) in [5.74, 6) is -1.69. The standard InChI is InChI=1S/C14H23N3O5S/c1-4-9(2)11(19)5-15-12(20)6-16-13(21)7-17-14(22)8-23-10(3)18/h9H,4-8H2,1-3H3,(H,15,20)(H,16,21)(H,17,22). The second-order valence-corrected chi connectivity index (χ2v) is 6.04. The first-order valence-electron chi connectivity index (χ1n) is 7.22. The fourth-order valence-corrected chi connectivity index (χ4v) is 1.72. The highest BCUT2D eigenvalue weighted by Gasteiger charge is 2.12. The van der Waals surface area contributed by atoms with E-state index in [1.54, 1.807) is 6.92 Å². The van der Waals surface area contributed by atoms with E-state index in [0.29, 0.717) is 6.42 Å². The summed E-state index contributed by atoms with van der Waals surface area (Å²) in [6.45, 7) is 4.39. The zero-order chi connectivity index (χ0) is 17.8. The first-order chi connectivity index (χ1) is 10.8. The summed E-state index contributed by atoms with van der Waals surface area (Å²) in [5, 5.41) is 6.88. The summed E-state index contributed by atoms with van der Waals surface area (Å²) in [5.41, 5.74) is 0. The van der Waals surface area contributed by atoms with Crippen molar-refractivity contribution in [3.63, 3.8) is 0 Å². The molecule has 8 nitrogen and oxygen atoms in total. The van der Waals surface area contributed by atoms with Crippen LogP contribution in [0.3, 0.4) is 0 Å². The van der Waals surface area contributed by atoms with Gasteiger partial charge in [-0.2, -0.15) is 0 Å². The lowest BCUT2D eigenvalue weighted by Gasteiger charge is -2.09. The Hall–Kier alpha value is -1.90. The topological polar surface area (TPSA) is 121 Å². The molecule has 0 rings (SSSR count). The van der Waals surface area contributed by atoms with Crippen LogP contribution in [0, 0.1) is 5.92 Å². The molecule has 0 aromatic heterocycles. The minimum atomic E-state index is -0.533. The summed E-state index contributed by atoms with van der Waals surface area (Å²) < 4.78 is 0. The van der Waals surface area contributed by atoms with E-state index in [9.17, 15) is 24.0 Å². The van der Waals surface area contributed by atoms with Gasteiger partial charge in [-0.3, -0.25) is 24.0 Å². The Bertz CT molecular complexity index is 467. The van der Waals surface area contributed by atoms with E-state index >= 15 is 0 Å². The van der Waals surface area contributed by atoms with Gasteiger partial charge in [0.1, 0.15) is 0 Å². The van der Waals surface area contributed by atoms with Gasteiger partial charge in [0.15, 0.2) is 10.9 Å². The van der Waals surface area contributed by atoms with E-state index in [1.807, 2.05) is 6.92 Å². The second kappa shape index (κ2) is 11.6. The van der Waals surface area contributed by atoms with Crippen LogP contribution in [0.25, 0.3) is 0 Å². The first kappa shape index (κ1) is 21.1. The van der Waals surface area contributed by atoms with Crippen LogP contribution in [0.2, 0.25) is 0 Å². The van der Waals surface area contributed by atoms with Crippen molar-refractivity contribution in [3.8, 4) is 0 Å². The van der Waals surface area contributed by atoms with Crippen LogP contribution in [0.1, 0.15) is 27.2 Å². The molecule has 1 atom stereocenters. The molecule has 0 spiro atoms. The van der Waals surface area contributed by atoms with Gasteiger partial charge >= 0.3 is 0 Å². The molecular formula is C14H23N3O5S. The molecule has 3 N–H and O–H groups in total. The third kappa shape index (κ3) is 11.3. The minimum absolute atomic E-state index is 0.0547. The molecule has 0 saturated heterocycles. The van der Waals surface area contributed by atoms with Crippen molar-refractivity contribution in [1.29, 1.82) is 0 Å². The molecule has 23 heavy (non-hydrogen) atoms. The molecule has 1 unspecified atom stereocenters. The van der Waals surface area contributed by atoms with E-state index in [1.165, 1.54) is 6.92 Å². The molecule has 0 aromatic carbocycles. The zero-order valence-electron chi connectivity index (χ0n) is 13.6. The number of rotatable bonds is 10. The molecule has 0 saturated carbocycles. The van der Waals surface area contributed by atoms with Crippen LogP contribution in [-0.4, -0.2) is 54.0 Å². The number of hydrogen-bond donors (Lipinski definition) is 3. The van der Waals surface area contributed by atoms with Gasteiger partial charge in [-0.05, 0) is 6.42 Å². The Morgan fingerprint density at radius 2 is 1.35 bits per heavy atom. The summed E-state index contributed by atoms with van der Waals surface area (Å²) in [7, 11) is 0. The lowest BCUT2D eigenvalue weighted by Crippen LogP contribution is -2.43. The molecule has 0 aliphatic rings. The SMILES string of the molecule is CCC(C)C(=O)CNC(=O)CNC(=O)CNC(=O)CSC(C)=O. The highest BCUT2D eigenvalue weighted by molar-refractivity contribution is 8.14. The largest absolute Gasteiger partial charge is 0.347 e. The van der Waals surface area contributed by atoms with Crippen molar-refractivity contribution in [2.24, 2.45) is 5.92 Å². The Labute approximate surface area is 139 Å². The predicted octanol–water partition coefficient (Wildman–Crippen LogP) is -0.770. The number of carbonyl (C=O) groups is 5. The lowest BCUT2D eigenvalue weighted by atomic mass is 10.0. The normalized spacial score (nSPS) is 11.3. The molecular weight excluding hydrogens is 322 g/mol. The van der Waals surface area contributed by atoms with Gasteiger partial charge in [-0.25, -0.2) is 0 Å². The van der Waals surface area contributed by atoms with Gasteiger partial charge in [0.25, 0.3) is 0 Å². The number of Topliss-reactive ketones (excluding diaryl/α,β-unsaturated/α-hetero) is 1. The molecule has 0 heterocycles. The third-order valence-electron chi connectivity index (χ3n) is 2.92. The molecule has 0 aliphatic carbocycles. The molecule has 130 valence electrons. The third-order valence-corrected chi connectivity index (χ3v) is 3.73. The number of carbonyl (C=O) groups excluding carboxylic acids is 5. The molecule has 0 bridgehead atoms. The zero-order valence-corrected chi connectivity index (χ0v) is 14.4. The van der Waals surface area contributed by atoms with Crippen molar-refractivity contribution >= 4 is 40.4 Å². The minimum Gasteiger partial charge on any atom is -0.347 e. The Morgan fingerprint density at radius 1 is 0.870 bits per heavy atom. The summed E-state index contributed by atoms with van der Waals surface area (Å²) in [6, 6.07) is 0. The molecule has 3 amide bonds. The molecule has 0 aliphatic heterocycles. The van der Waals surface area contributed by atoms with Gasteiger partial charge < -0.3 is 16.0 Å². The van der Waals surface area contributed by atoms with Gasteiger partial charge in [0.2, 0.25) is 17.7 Å². The van der Waals surface area contributed by atoms with Gasteiger partial charge in [0, 0.05) is 12.8 Å². The second-order valence-electron chi connectivity index (χ2n) is 4.89. The number of thioether (sulfide) groups is 1. The highest BCUT2D eigenvalue weighted by Crippen LogP contribution is 2.00. The highest BCUT2D eigenvalue weighted by atomic mass is 32.2. The fourth-order valence-electron chi connectivity index (χ4n) is 1.29. The van der Waals surface area contributed by atoms with Crippen LogP contribution in [0.4, 0.5) is 0 Å². The first-order valence-corrected chi connectivity index (χ1v) is 8.21. The predicted molar refractivity (Wildman–Crippen MR) is 86.6 cm³/mol. The van der Waals surface area contributed by atoms with E-state index in [4.69, 9.17) is 0 Å². The quantitative estimate of drug-likeness (QED) is 0.478. The Morgan fingerprint density at radius 3 is 1.83 bits per heavy atom. The maximum absolute atomic E-state index is 11.5. The molecule has 0 aromatic rings. The van der Waals surface area contributed by atoms with E-state index in [-0.39, 0.29) is 42.2 Å². The summed E-state index contributed by atoms with van der Waals surface area (Å²) in [4.78, 5) is 56.4. The molecule has 0 fully saturated rings. The van der Waals surface area contributed by atoms with Crippen LogP contribution in [0.15, 0.2) is 0 Å². The van der Waals surface area contributed by atoms with Crippen LogP contribution in [-0.2, 0) is 24.0 Å². The fraction of sp³-hybridized carbons (Fsp3) is 0.643. The Kier molecular flexibility index (Phi) is 10.7. The number of amides is 3. The van der Waals surface area contributed by atoms with Crippen LogP contribution < -0.4 is 16.0 Å². The summed E-state index contributed by atoms with van der Waals surface area (Å²) >= 11 is 0.844. The molecule has 9 heteroatoms. The lowest BCUT2D eigenvalue weighted by molar-refractivity contribution is -0.128. The van der Waals surface area contributed by atoms with E-state index in [2.05, 4.69) is 16.0 Å². The monoisotopic (exact) mass is 345 g/mol. The van der Waals surface area contributed by atoms with Crippen molar-refractivity contribution in [2.75, 3.05) is 25.4 Å². The van der Waals surface area contributed by atoms with Crippen molar-refractivity contribution in [3.05, 3.63) is 0 Å². The van der Waals surface area contributed by atoms with Crippen molar-refractivity contribution < 1.29 is 24.0 Å². The van der Waals surface area contributed by atoms with Crippen LogP contribution >= 0.6 is 11.8 Å². The maximum atomic E-state index is 11.5. The number of hydrogen-bond acceptors (Lipinski definition) is 6. The van der Waals surface area contributed by atoms with Crippen LogP contribution in [0.5, 0.6) is 0 Å². The van der Waals surface area contributed by atoms with Gasteiger partial charge in [-0.15, -0.1) is 0 Å². The molecule has 0 radical (unpaired) electrons. The Balaban J connectivity index is 3.84. The number of ketones is 1. The summed E-state index contributed by atoms with van der Waals surface area (Å²) in [6.07, 6.45) is 0.701. The van der Waals surface area contributed by atoms with Crippen molar-refractivity contribution in [1.82, 2.24) is 16.0 Å². The van der Waals surface area contributed by atoms with Gasteiger partial charge in [0.05, 0.1) is 25.4 Å². The average Bonchev–Trinajstić information content (AvgIpc) is 2.52.